The van der Waals surface area contributed by atoms with Crippen LogP contribution in [0.5, 0.6) is 0 Å². The predicted octanol–water partition coefficient (Wildman–Crippen LogP) is 13.2. The average molecular weight is 907 g/mol. The molecule has 0 aromatic heterocycles. The van der Waals surface area contributed by atoms with E-state index in [0.717, 1.165) is 148 Å². The molecule has 1 heterocycles. The summed E-state index contributed by atoms with van der Waals surface area (Å²) in [5, 5.41) is 14.1. The highest BCUT2D eigenvalue weighted by atomic mass is 16.5. The standard InChI is InChI=1S/C54H106N4O6/c1-5-8-11-14-17-18-19-25-35-48-63-52(60)39-30-26-34-43-57(49-50(59)36-31-32-41-55-54(62)58-46-44-56(4)45-47-58)42-33-24-20-23-29-40-53(61)64-51(37-27-21-15-12-9-6-2)38-28-22-16-13-10-7-3/h50-51,59H,5-49H2,1-4H3,(H,55,62). The van der Waals surface area contributed by atoms with Crippen molar-refractivity contribution in [3.63, 3.8) is 0 Å². The van der Waals surface area contributed by atoms with Gasteiger partial charge in [-0.1, -0.05) is 162 Å². The summed E-state index contributed by atoms with van der Waals surface area (Å²) < 4.78 is 11.6. The molecule has 0 aliphatic carbocycles. The molecule has 1 rings (SSSR count). The molecule has 1 saturated heterocycles. The molecule has 1 aliphatic rings. The molecule has 378 valence electrons. The average Bonchev–Trinajstić information content (AvgIpc) is 3.28. The van der Waals surface area contributed by atoms with Gasteiger partial charge in [0.2, 0.25) is 0 Å². The maximum atomic E-state index is 12.9. The van der Waals surface area contributed by atoms with Gasteiger partial charge in [0, 0.05) is 52.1 Å². The zero-order valence-electron chi connectivity index (χ0n) is 42.8. The van der Waals surface area contributed by atoms with E-state index in [1.807, 2.05) is 4.90 Å². The highest BCUT2D eigenvalue weighted by Gasteiger charge is 2.19. The van der Waals surface area contributed by atoms with E-state index in [1.54, 1.807) is 0 Å². The van der Waals surface area contributed by atoms with E-state index in [9.17, 15) is 19.5 Å². The number of nitrogens with one attached hydrogen (secondary N) is 1. The number of aliphatic hydroxyl groups is 1. The predicted molar refractivity (Wildman–Crippen MR) is 269 cm³/mol. The van der Waals surface area contributed by atoms with E-state index in [1.165, 1.54) is 109 Å². The van der Waals surface area contributed by atoms with Crippen LogP contribution in [0.3, 0.4) is 0 Å². The second kappa shape index (κ2) is 44.9. The summed E-state index contributed by atoms with van der Waals surface area (Å²) >= 11 is 0. The Kier molecular flexibility index (Phi) is 42.2. The van der Waals surface area contributed by atoms with E-state index in [2.05, 4.69) is 42.9 Å². The summed E-state index contributed by atoms with van der Waals surface area (Å²) in [5.41, 5.74) is 0. The van der Waals surface area contributed by atoms with E-state index in [0.29, 0.717) is 32.5 Å². The van der Waals surface area contributed by atoms with Crippen molar-refractivity contribution in [2.45, 2.75) is 264 Å². The first kappa shape index (κ1) is 60.1. The molecule has 2 N–H and O–H groups in total. The van der Waals surface area contributed by atoms with Crippen LogP contribution in [0, 0.1) is 0 Å². The van der Waals surface area contributed by atoms with Gasteiger partial charge in [0.25, 0.3) is 0 Å². The number of hydrogen-bond donors (Lipinski definition) is 2. The minimum atomic E-state index is -0.402. The minimum Gasteiger partial charge on any atom is -0.466 e. The van der Waals surface area contributed by atoms with Crippen molar-refractivity contribution in [2.24, 2.45) is 0 Å². The summed E-state index contributed by atoms with van der Waals surface area (Å²) in [6.07, 6.45) is 39.7. The second-order valence-corrected chi connectivity index (χ2v) is 19.6. The zero-order valence-corrected chi connectivity index (χ0v) is 42.8. The highest BCUT2D eigenvalue weighted by molar-refractivity contribution is 5.74. The number of urea groups is 1. The molecular formula is C54H106N4O6. The van der Waals surface area contributed by atoms with Gasteiger partial charge in [0.1, 0.15) is 6.10 Å². The Morgan fingerprint density at radius 2 is 0.969 bits per heavy atom. The van der Waals surface area contributed by atoms with Crippen LogP contribution >= 0.6 is 0 Å². The number of amides is 2. The number of carbonyl (C=O) groups excluding carboxylic acids is 3. The van der Waals surface area contributed by atoms with Gasteiger partial charge in [-0.15, -0.1) is 0 Å². The third-order valence-electron chi connectivity index (χ3n) is 13.3. The number of piperazine rings is 1. The fourth-order valence-corrected chi connectivity index (χ4v) is 8.90. The number of nitrogens with zero attached hydrogens (tertiary/aromatic N) is 3. The maximum absolute atomic E-state index is 12.9. The SMILES string of the molecule is CCCCCCCCCCCOC(=O)CCCCCN(CCCCCCCC(=O)OC(CCCCCCCC)CCCCCCCC)CC(O)CCCCNC(=O)N1CCN(C)CC1. The van der Waals surface area contributed by atoms with Crippen molar-refractivity contribution >= 4 is 18.0 Å². The summed E-state index contributed by atoms with van der Waals surface area (Å²) in [6.45, 7) is 13.8. The molecule has 1 atom stereocenters. The molecule has 64 heavy (non-hydrogen) atoms. The van der Waals surface area contributed by atoms with E-state index in [-0.39, 0.29) is 24.1 Å². The van der Waals surface area contributed by atoms with Gasteiger partial charge in [0.05, 0.1) is 12.7 Å². The van der Waals surface area contributed by atoms with Gasteiger partial charge < -0.3 is 34.6 Å². The number of likely N-dealkylation sites (N-methyl/N-ethyl adjacent to an activating group) is 1. The third-order valence-corrected chi connectivity index (χ3v) is 13.3. The van der Waals surface area contributed by atoms with Crippen LogP contribution in [0.15, 0.2) is 0 Å². The Bertz CT molecular complexity index is 1040. The molecule has 0 spiro atoms. The fourth-order valence-electron chi connectivity index (χ4n) is 8.90. The summed E-state index contributed by atoms with van der Waals surface area (Å²) in [5.74, 6) is -0.0763. The number of esters is 2. The minimum absolute atomic E-state index is 0.00777. The van der Waals surface area contributed by atoms with Crippen LogP contribution in [0.2, 0.25) is 0 Å². The van der Waals surface area contributed by atoms with Crippen LogP contribution in [-0.2, 0) is 19.1 Å². The monoisotopic (exact) mass is 907 g/mol. The Labute approximate surface area is 395 Å². The van der Waals surface area contributed by atoms with Gasteiger partial charge in [-0.2, -0.15) is 0 Å². The summed E-state index contributed by atoms with van der Waals surface area (Å²) in [6, 6.07) is 0.0260. The van der Waals surface area contributed by atoms with Crippen LogP contribution in [0.25, 0.3) is 0 Å². The molecule has 0 radical (unpaired) electrons. The molecule has 0 bridgehead atoms. The lowest BCUT2D eigenvalue weighted by Crippen LogP contribution is -2.50. The van der Waals surface area contributed by atoms with Gasteiger partial charge in [-0.25, -0.2) is 4.79 Å². The van der Waals surface area contributed by atoms with E-state index < -0.39 is 6.10 Å². The maximum Gasteiger partial charge on any atom is 0.317 e. The number of hydrogen-bond acceptors (Lipinski definition) is 8. The quantitative estimate of drug-likeness (QED) is 0.0459. The lowest BCUT2D eigenvalue weighted by molar-refractivity contribution is -0.150. The Morgan fingerprint density at radius 3 is 1.52 bits per heavy atom. The zero-order chi connectivity index (χ0) is 46.6. The second-order valence-electron chi connectivity index (χ2n) is 19.6. The molecule has 1 unspecified atom stereocenters. The van der Waals surface area contributed by atoms with Crippen molar-refractivity contribution in [3.05, 3.63) is 0 Å². The third kappa shape index (κ3) is 38.2. The van der Waals surface area contributed by atoms with Gasteiger partial charge in [-0.05, 0) is 97.2 Å². The van der Waals surface area contributed by atoms with Crippen LogP contribution < -0.4 is 5.32 Å². The normalized spacial score (nSPS) is 13.8. The lowest BCUT2D eigenvalue weighted by Gasteiger charge is -2.32. The van der Waals surface area contributed by atoms with E-state index in [4.69, 9.17) is 9.47 Å². The van der Waals surface area contributed by atoms with Crippen molar-refractivity contribution < 1.29 is 29.0 Å². The molecule has 10 heteroatoms. The van der Waals surface area contributed by atoms with Crippen molar-refractivity contribution in [3.8, 4) is 0 Å². The first-order valence-electron chi connectivity index (χ1n) is 27.8. The Balaban J connectivity index is 2.41. The Hall–Kier alpha value is -1.91. The van der Waals surface area contributed by atoms with Gasteiger partial charge in [-0.3, -0.25) is 9.59 Å². The largest absolute Gasteiger partial charge is 0.466 e. The molecule has 0 aromatic rings. The number of ether oxygens (including phenoxy) is 2. The highest BCUT2D eigenvalue weighted by Crippen LogP contribution is 2.19. The fraction of sp³-hybridized carbons (Fsp3) is 0.944. The van der Waals surface area contributed by atoms with Gasteiger partial charge in [0.15, 0.2) is 0 Å². The molecule has 2 amide bonds. The van der Waals surface area contributed by atoms with Crippen molar-refractivity contribution in [1.82, 2.24) is 20.0 Å². The number of aliphatic hydroxyl groups excluding tert-OH is 1. The lowest BCUT2D eigenvalue weighted by atomic mass is 10.0. The molecule has 1 aliphatic heterocycles. The topological polar surface area (TPSA) is 112 Å². The van der Waals surface area contributed by atoms with Crippen LogP contribution in [-0.4, -0.2) is 116 Å². The molecule has 0 aromatic carbocycles. The molecule has 0 saturated carbocycles. The van der Waals surface area contributed by atoms with Crippen LogP contribution in [0.4, 0.5) is 4.79 Å². The summed E-state index contributed by atoms with van der Waals surface area (Å²) in [7, 11) is 2.09. The van der Waals surface area contributed by atoms with Crippen molar-refractivity contribution in [2.75, 3.05) is 66.0 Å². The number of rotatable bonds is 46. The Morgan fingerprint density at radius 1 is 0.531 bits per heavy atom. The van der Waals surface area contributed by atoms with E-state index >= 15 is 0 Å². The number of unbranched alkanes of at least 4 members (excludes halogenated alkanes) is 25. The van der Waals surface area contributed by atoms with Gasteiger partial charge >= 0.3 is 18.0 Å². The first-order chi connectivity index (χ1) is 31.3. The smallest absolute Gasteiger partial charge is 0.317 e. The molecular weight excluding hydrogens is 801 g/mol. The first-order valence-corrected chi connectivity index (χ1v) is 27.8. The van der Waals surface area contributed by atoms with Crippen molar-refractivity contribution in [1.29, 1.82) is 0 Å². The molecule has 10 nitrogen and oxygen atoms in total. The number of carbonyl (C=O) groups is 3. The molecule has 1 fully saturated rings. The summed E-state index contributed by atoms with van der Waals surface area (Å²) in [4.78, 5) is 44.3. The van der Waals surface area contributed by atoms with Crippen LogP contribution in [0.1, 0.15) is 252 Å².